The molecule has 226 valence electrons. The Kier molecular flexibility index (Phi) is 12.0. The highest BCUT2D eigenvalue weighted by molar-refractivity contribution is 5.89. The Balaban J connectivity index is 1.40. The van der Waals surface area contributed by atoms with Gasteiger partial charge in [-0.25, -0.2) is 9.59 Å². The van der Waals surface area contributed by atoms with E-state index in [1.165, 1.54) is 14.2 Å². The number of nitrogens with zero attached hydrogens (tertiary/aromatic N) is 1. The fraction of sp³-hybridized carbons (Fsp3) is 0.361. The molecule has 3 aromatic rings. The van der Waals surface area contributed by atoms with Crippen molar-refractivity contribution in [1.29, 1.82) is 0 Å². The summed E-state index contributed by atoms with van der Waals surface area (Å²) >= 11 is 0. The van der Waals surface area contributed by atoms with Crippen LogP contribution in [0.4, 0.5) is 0 Å². The number of para-hydroxylation sites is 1. The van der Waals surface area contributed by atoms with Gasteiger partial charge >= 0.3 is 11.9 Å². The second-order valence-electron chi connectivity index (χ2n) is 10.8. The van der Waals surface area contributed by atoms with Gasteiger partial charge in [-0.3, -0.25) is 4.79 Å². The summed E-state index contributed by atoms with van der Waals surface area (Å²) in [6, 6.07) is 23.1. The van der Waals surface area contributed by atoms with E-state index < -0.39 is 0 Å². The van der Waals surface area contributed by atoms with Crippen LogP contribution >= 0.6 is 0 Å². The van der Waals surface area contributed by atoms with Crippen LogP contribution in [0.25, 0.3) is 6.08 Å². The SMILES string of the molecule is COC(=O)c1ccc(CCC(C=Cc2ccccc2OCCCCN2CCCC2=O)Cc2ccc(C(=O)OC)cc2)cc1. The number of unbranched alkanes of at least 4 members (excludes halogenated alkanes) is 1. The topological polar surface area (TPSA) is 82.1 Å². The van der Waals surface area contributed by atoms with Crippen molar-refractivity contribution in [3.63, 3.8) is 0 Å². The van der Waals surface area contributed by atoms with E-state index in [9.17, 15) is 14.4 Å². The van der Waals surface area contributed by atoms with E-state index in [4.69, 9.17) is 14.2 Å². The van der Waals surface area contributed by atoms with Gasteiger partial charge in [-0.05, 0) is 85.9 Å². The van der Waals surface area contributed by atoms with Crippen molar-refractivity contribution < 1.29 is 28.6 Å². The average molecular weight is 584 g/mol. The highest BCUT2D eigenvalue weighted by atomic mass is 16.5. The van der Waals surface area contributed by atoms with Crippen molar-refractivity contribution in [3.8, 4) is 5.75 Å². The number of rotatable bonds is 15. The van der Waals surface area contributed by atoms with Gasteiger partial charge in [-0.15, -0.1) is 0 Å². The molecule has 0 N–H and O–H groups in total. The predicted octanol–water partition coefficient (Wildman–Crippen LogP) is 6.55. The highest BCUT2D eigenvalue weighted by Gasteiger charge is 2.19. The Morgan fingerprint density at radius 1 is 0.860 bits per heavy atom. The lowest BCUT2D eigenvalue weighted by Crippen LogP contribution is -2.25. The molecule has 1 saturated heterocycles. The summed E-state index contributed by atoms with van der Waals surface area (Å²) < 4.78 is 15.8. The second kappa shape index (κ2) is 16.3. The van der Waals surface area contributed by atoms with Crippen molar-refractivity contribution in [2.45, 2.75) is 44.9 Å². The predicted molar refractivity (Wildman–Crippen MR) is 167 cm³/mol. The lowest BCUT2D eigenvalue weighted by atomic mass is 9.91. The van der Waals surface area contributed by atoms with Crippen LogP contribution in [-0.4, -0.2) is 56.7 Å². The Labute approximate surface area is 254 Å². The molecule has 0 spiro atoms. The van der Waals surface area contributed by atoms with Crippen LogP contribution in [0.5, 0.6) is 5.75 Å². The number of hydrogen-bond donors (Lipinski definition) is 0. The van der Waals surface area contributed by atoms with Gasteiger partial charge in [0.05, 0.1) is 32.0 Å². The van der Waals surface area contributed by atoms with Crippen molar-refractivity contribution in [1.82, 2.24) is 4.90 Å². The van der Waals surface area contributed by atoms with Crippen LogP contribution in [0.1, 0.15) is 69.5 Å². The maximum absolute atomic E-state index is 11.9. The minimum absolute atomic E-state index is 0.218. The first-order chi connectivity index (χ1) is 21.0. The summed E-state index contributed by atoms with van der Waals surface area (Å²) in [7, 11) is 2.76. The lowest BCUT2D eigenvalue weighted by molar-refractivity contribution is -0.127. The van der Waals surface area contributed by atoms with Gasteiger partial charge in [0.25, 0.3) is 0 Å². The molecule has 1 heterocycles. The highest BCUT2D eigenvalue weighted by Crippen LogP contribution is 2.24. The van der Waals surface area contributed by atoms with E-state index in [2.05, 4.69) is 18.2 Å². The summed E-state index contributed by atoms with van der Waals surface area (Å²) in [5.41, 5.74) is 4.36. The number of allylic oxidation sites excluding steroid dienone is 1. The zero-order valence-corrected chi connectivity index (χ0v) is 25.1. The van der Waals surface area contributed by atoms with Gasteiger partial charge in [-0.1, -0.05) is 54.6 Å². The van der Waals surface area contributed by atoms with E-state index >= 15 is 0 Å². The van der Waals surface area contributed by atoms with E-state index in [1.807, 2.05) is 47.4 Å². The first-order valence-corrected chi connectivity index (χ1v) is 15.0. The molecule has 1 aliphatic rings. The molecule has 0 radical (unpaired) electrons. The number of ether oxygens (including phenoxy) is 3. The maximum Gasteiger partial charge on any atom is 0.337 e. The van der Waals surface area contributed by atoms with Crippen molar-refractivity contribution in [2.75, 3.05) is 33.9 Å². The van der Waals surface area contributed by atoms with Crippen LogP contribution in [-0.2, 0) is 27.1 Å². The Hall–Kier alpha value is -4.39. The summed E-state index contributed by atoms with van der Waals surface area (Å²) in [5, 5.41) is 0. The molecule has 0 aliphatic carbocycles. The van der Waals surface area contributed by atoms with E-state index in [0.29, 0.717) is 24.2 Å². The van der Waals surface area contributed by atoms with E-state index in [-0.39, 0.29) is 23.8 Å². The fourth-order valence-corrected chi connectivity index (χ4v) is 5.26. The second-order valence-corrected chi connectivity index (χ2v) is 10.8. The molecule has 1 amide bonds. The fourth-order valence-electron chi connectivity index (χ4n) is 5.26. The Morgan fingerprint density at radius 2 is 1.51 bits per heavy atom. The normalized spacial score (nSPS) is 13.7. The number of likely N-dealkylation sites (tertiary alicyclic amines) is 1. The molecule has 0 bridgehead atoms. The molecule has 0 aromatic heterocycles. The molecule has 4 rings (SSSR count). The van der Waals surface area contributed by atoms with Gasteiger partial charge in [-0.2, -0.15) is 0 Å². The molecule has 1 aliphatic heterocycles. The standard InChI is InChI=1S/C36H41NO6/c1-41-35(39)31-19-13-27(14-20-31)11-12-28(26-29-16-21-32(22-17-29)36(40)42-2)15-18-30-8-3-4-9-33(30)43-25-6-5-23-37-24-7-10-34(37)38/h3-4,8-9,13-22,28H,5-7,10-12,23-26H2,1-2H3. The third kappa shape index (κ3) is 9.57. The van der Waals surface area contributed by atoms with Crippen molar-refractivity contribution in [3.05, 3.63) is 107 Å². The summed E-state index contributed by atoms with van der Waals surface area (Å²) in [4.78, 5) is 37.5. The quantitative estimate of drug-likeness (QED) is 0.149. The first-order valence-electron chi connectivity index (χ1n) is 15.0. The molecule has 1 fully saturated rings. The Bertz CT molecular complexity index is 1380. The van der Waals surface area contributed by atoms with Crippen LogP contribution in [0.15, 0.2) is 78.9 Å². The molecule has 3 aromatic carbocycles. The van der Waals surface area contributed by atoms with Gasteiger partial charge in [0.15, 0.2) is 0 Å². The maximum atomic E-state index is 11.9. The number of esters is 2. The monoisotopic (exact) mass is 583 g/mol. The van der Waals surface area contributed by atoms with E-state index in [1.54, 1.807) is 24.3 Å². The molecule has 0 saturated carbocycles. The summed E-state index contributed by atoms with van der Waals surface area (Å²) in [6.07, 6.45) is 10.4. The van der Waals surface area contributed by atoms with E-state index in [0.717, 1.165) is 74.1 Å². The third-order valence-electron chi connectivity index (χ3n) is 7.77. The van der Waals surface area contributed by atoms with Crippen LogP contribution in [0, 0.1) is 5.92 Å². The number of amides is 1. The van der Waals surface area contributed by atoms with Gasteiger partial charge in [0, 0.05) is 25.1 Å². The summed E-state index contributed by atoms with van der Waals surface area (Å²) in [5.74, 6) is 0.638. The van der Waals surface area contributed by atoms with Crippen LogP contribution < -0.4 is 4.74 Å². The molecule has 43 heavy (non-hydrogen) atoms. The van der Waals surface area contributed by atoms with Gasteiger partial charge < -0.3 is 19.1 Å². The lowest BCUT2D eigenvalue weighted by Gasteiger charge is -2.16. The smallest absolute Gasteiger partial charge is 0.337 e. The molecule has 7 nitrogen and oxygen atoms in total. The minimum atomic E-state index is -0.348. The number of methoxy groups -OCH3 is 2. The van der Waals surface area contributed by atoms with Gasteiger partial charge in [0.1, 0.15) is 5.75 Å². The molecule has 1 atom stereocenters. The third-order valence-corrected chi connectivity index (χ3v) is 7.77. The summed E-state index contributed by atoms with van der Waals surface area (Å²) in [6.45, 7) is 2.28. The molecular formula is C36H41NO6. The largest absolute Gasteiger partial charge is 0.493 e. The van der Waals surface area contributed by atoms with Crippen molar-refractivity contribution in [2.24, 2.45) is 5.92 Å². The molecular weight excluding hydrogens is 542 g/mol. The first kappa shape index (κ1) is 31.5. The number of carbonyl (C=O) groups excluding carboxylic acids is 3. The minimum Gasteiger partial charge on any atom is -0.493 e. The average Bonchev–Trinajstić information content (AvgIpc) is 3.46. The Morgan fingerprint density at radius 3 is 2.14 bits per heavy atom. The number of hydrogen-bond acceptors (Lipinski definition) is 6. The molecule has 7 heteroatoms. The van der Waals surface area contributed by atoms with Crippen LogP contribution in [0.3, 0.4) is 0 Å². The molecule has 1 unspecified atom stereocenters. The van der Waals surface area contributed by atoms with Crippen molar-refractivity contribution >= 4 is 23.9 Å². The number of aryl methyl sites for hydroxylation is 1. The number of benzene rings is 3. The van der Waals surface area contributed by atoms with Crippen LogP contribution in [0.2, 0.25) is 0 Å². The zero-order valence-electron chi connectivity index (χ0n) is 25.1. The van der Waals surface area contributed by atoms with Gasteiger partial charge in [0.2, 0.25) is 5.91 Å². The number of carbonyl (C=O) groups is 3. The zero-order chi connectivity index (χ0) is 30.4.